The summed E-state index contributed by atoms with van der Waals surface area (Å²) in [7, 11) is 0. The minimum Gasteiger partial charge on any atom is -0.462 e. The third-order valence-corrected chi connectivity index (χ3v) is 8.98. The van der Waals surface area contributed by atoms with E-state index in [1.54, 1.807) is 0 Å². The van der Waals surface area contributed by atoms with Crippen molar-refractivity contribution < 1.29 is 24.2 Å². The minimum atomic E-state index is -0.789. The van der Waals surface area contributed by atoms with Crippen LogP contribution in [0, 0.1) is 0 Å². The lowest BCUT2D eigenvalue weighted by molar-refractivity contribution is -0.161. The summed E-state index contributed by atoms with van der Waals surface area (Å²) >= 11 is 0. The Morgan fingerprint density at radius 1 is 0.462 bits per heavy atom. The van der Waals surface area contributed by atoms with Crippen LogP contribution < -0.4 is 0 Å². The molecule has 0 aliphatic carbocycles. The van der Waals surface area contributed by atoms with Gasteiger partial charge in [-0.2, -0.15) is 0 Å². The molecule has 5 nitrogen and oxygen atoms in total. The quantitative estimate of drug-likeness (QED) is 0.0390. The fourth-order valence-corrected chi connectivity index (χ4v) is 5.75. The number of ether oxygens (including phenoxy) is 2. The third kappa shape index (κ3) is 40.1. The maximum atomic E-state index is 12.2. The Hall–Kier alpha value is -2.66. The maximum Gasteiger partial charge on any atom is 0.306 e. The topological polar surface area (TPSA) is 72.8 Å². The summed E-state index contributed by atoms with van der Waals surface area (Å²) in [5, 5.41) is 9.58. The summed E-state index contributed by atoms with van der Waals surface area (Å²) in [5.74, 6) is -0.633. The van der Waals surface area contributed by atoms with Crippen LogP contribution in [0.3, 0.4) is 0 Å². The van der Waals surface area contributed by atoms with E-state index in [1.165, 1.54) is 89.9 Å². The van der Waals surface area contributed by atoms with Crippen molar-refractivity contribution in [1.29, 1.82) is 0 Å². The van der Waals surface area contributed by atoms with Gasteiger partial charge >= 0.3 is 11.9 Å². The molecule has 0 heterocycles. The molecule has 298 valence electrons. The molecule has 5 heteroatoms. The van der Waals surface area contributed by atoms with E-state index in [0.29, 0.717) is 12.8 Å². The molecule has 1 N–H and O–H groups in total. The summed E-state index contributed by atoms with van der Waals surface area (Å²) < 4.78 is 10.6. The molecule has 0 fully saturated rings. The molecule has 1 atom stereocenters. The highest BCUT2D eigenvalue weighted by molar-refractivity contribution is 5.70. The first-order valence-corrected chi connectivity index (χ1v) is 21.5. The second-order valence-electron chi connectivity index (χ2n) is 14.0. The molecule has 0 amide bonds. The zero-order valence-corrected chi connectivity index (χ0v) is 33.8. The number of carbonyl (C=O) groups excluding carboxylic acids is 2. The van der Waals surface area contributed by atoms with Gasteiger partial charge in [0, 0.05) is 12.8 Å². The van der Waals surface area contributed by atoms with Crippen LogP contribution in [0.1, 0.15) is 194 Å². The molecule has 0 aliphatic rings. The number of hydrogen-bond acceptors (Lipinski definition) is 5. The first-order valence-electron chi connectivity index (χ1n) is 21.5. The van der Waals surface area contributed by atoms with Gasteiger partial charge in [0.1, 0.15) is 6.61 Å². The number of esters is 2. The molecule has 0 saturated heterocycles. The first-order chi connectivity index (χ1) is 25.6. The van der Waals surface area contributed by atoms with E-state index in [1.807, 2.05) is 0 Å². The third-order valence-electron chi connectivity index (χ3n) is 8.98. The number of hydrogen-bond donors (Lipinski definition) is 1. The fourth-order valence-electron chi connectivity index (χ4n) is 5.75. The van der Waals surface area contributed by atoms with Crippen molar-refractivity contribution in [3.05, 3.63) is 72.9 Å². The van der Waals surface area contributed by atoms with Crippen LogP contribution in [-0.2, 0) is 19.1 Å². The summed E-state index contributed by atoms with van der Waals surface area (Å²) in [4.78, 5) is 24.3. The van der Waals surface area contributed by atoms with Crippen molar-refractivity contribution in [3.8, 4) is 0 Å². The highest BCUT2D eigenvalue weighted by atomic mass is 16.6. The van der Waals surface area contributed by atoms with Gasteiger partial charge in [-0.25, -0.2) is 0 Å². The Labute approximate surface area is 321 Å². The SMILES string of the molecule is CC/C=C/C/C=C/C/C=C/C/C=C/C/C=C/CCCCCC(=O)OC[C@H](CO)OC(=O)CCCCCCCCCCC/C=C/CCCCCCCC. The fraction of sp³-hybridized carbons (Fsp3) is 0.702. The molecule has 52 heavy (non-hydrogen) atoms. The van der Waals surface area contributed by atoms with Gasteiger partial charge in [-0.3, -0.25) is 9.59 Å². The van der Waals surface area contributed by atoms with Crippen LogP contribution in [0.25, 0.3) is 0 Å². The van der Waals surface area contributed by atoms with Crippen molar-refractivity contribution in [1.82, 2.24) is 0 Å². The molecule has 0 radical (unpaired) electrons. The van der Waals surface area contributed by atoms with Crippen molar-refractivity contribution >= 4 is 11.9 Å². The largest absolute Gasteiger partial charge is 0.462 e. The molecular weight excluding hydrogens is 645 g/mol. The lowest BCUT2D eigenvalue weighted by atomic mass is 10.1. The minimum absolute atomic E-state index is 0.0867. The number of aliphatic hydroxyl groups is 1. The second kappa shape index (κ2) is 42.8. The monoisotopic (exact) mass is 725 g/mol. The smallest absolute Gasteiger partial charge is 0.306 e. The Morgan fingerprint density at radius 2 is 0.827 bits per heavy atom. The van der Waals surface area contributed by atoms with Crippen LogP contribution in [0.2, 0.25) is 0 Å². The molecule has 0 spiro atoms. The predicted octanol–water partition coefficient (Wildman–Crippen LogP) is 13.7. The van der Waals surface area contributed by atoms with Gasteiger partial charge in [-0.15, -0.1) is 0 Å². The van der Waals surface area contributed by atoms with E-state index < -0.39 is 6.10 Å². The average Bonchev–Trinajstić information content (AvgIpc) is 3.15. The number of rotatable bonds is 38. The molecule has 0 rings (SSSR count). The molecule has 0 aromatic rings. The Balaban J connectivity index is 3.62. The highest BCUT2D eigenvalue weighted by Crippen LogP contribution is 2.13. The van der Waals surface area contributed by atoms with Gasteiger partial charge in [0.05, 0.1) is 6.61 Å². The van der Waals surface area contributed by atoms with Gasteiger partial charge in [-0.1, -0.05) is 170 Å². The zero-order chi connectivity index (χ0) is 37.8. The lowest BCUT2D eigenvalue weighted by Gasteiger charge is -2.15. The van der Waals surface area contributed by atoms with Crippen molar-refractivity contribution in [2.75, 3.05) is 13.2 Å². The summed E-state index contributed by atoms with van der Waals surface area (Å²) in [6.45, 7) is 3.99. The van der Waals surface area contributed by atoms with Gasteiger partial charge in [0.25, 0.3) is 0 Å². The van der Waals surface area contributed by atoms with E-state index >= 15 is 0 Å². The molecule has 0 aromatic carbocycles. The van der Waals surface area contributed by atoms with E-state index in [0.717, 1.165) is 77.0 Å². The summed E-state index contributed by atoms with van der Waals surface area (Å²) in [5.41, 5.74) is 0. The molecule has 0 aliphatic heterocycles. The van der Waals surface area contributed by atoms with E-state index in [-0.39, 0.29) is 25.2 Å². The van der Waals surface area contributed by atoms with Crippen molar-refractivity contribution in [2.24, 2.45) is 0 Å². The van der Waals surface area contributed by atoms with E-state index in [9.17, 15) is 14.7 Å². The average molecular weight is 725 g/mol. The van der Waals surface area contributed by atoms with Crippen LogP contribution in [-0.4, -0.2) is 36.4 Å². The Bertz CT molecular complexity index is 957. The van der Waals surface area contributed by atoms with Crippen LogP contribution in [0.4, 0.5) is 0 Å². The number of allylic oxidation sites excluding steroid dienone is 12. The first kappa shape index (κ1) is 49.3. The number of aliphatic hydroxyl groups excluding tert-OH is 1. The predicted molar refractivity (Wildman–Crippen MR) is 223 cm³/mol. The van der Waals surface area contributed by atoms with Gasteiger partial charge < -0.3 is 14.6 Å². The van der Waals surface area contributed by atoms with Gasteiger partial charge in [0.2, 0.25) is 0 Å². The molecule has 0 unspecified atom stereocenters. The molecular formula is C47H80O5. The molecule has 0 aromatic heterocycles. The number of carbonyl (C=O) groups is 2. The summed E-state index contributed by atoms with van der Waals surface area (Å²) in [6, 6.07) is 0. The van der Waals surface area contributed by atoms with E-state index in [2.05, 4.69) is 86.8 Å². The van der Waals surface area contributed by atoms with Crippen molar-refractivity contribution in [2.45, 2.75) is 200 Å². The van der Waals surface area contributed by atoms with Gasteiger partial charge in [0.15, 0.2) is 6.10 Å². The van der Waals surface area contributed by atoms with Gasteiger partial charge in [-0.05, 0) is 83.5 Å². The van der Waals surface area contributed by atoms with Crippen LogP contribution >= 0.6 is 0 Å². The lowest BCUT2D eigenvalue weighted by Crippen LogP contribution is -2.28. The molecule has 0 bridgehead atoms. The molecule has 0 saturated carbocycles. The standard InChI is InChI=1S/C47H80O5/c1-3-5-7-9-11-13-15-17-19-21-23-25-27-29-31-33-35-37-39-41-46(49)51-44-45(43-48)52-47(50)42-40-38-36-34-32-30-28-26-24-22-20-18-16-14-12-10-8-6-4-2/h5,7,11,13,17-20,23,25,29,31,45,48H,3-4,6,8-10,12,14-16,21-22,24,26-28,30,32-44H2,1-2H3/b7-5+,13-11+,19-17+,20-18+,25-23+,31-29+/t45-/m0/s1. The van der Waals surface area contributed by atoms with Crippen LogP contribution in [0.15, 0.2) is 72.9 Å². The number of unbranched alkanes of at least 4 members (excludes halogenated alkanes) is 18. The van der Waals surface area contributed by atoms with E-state index in [4.69, 9.17) is 9.47 Å². The maximum absolute atomic E-state index is 12.2. The zero-order valence-electron chi connectivity index (χ0n) is 33.8. The normalized spacial score (nSPS) is 12.9. The second-order valence-corrected chi connectivity index (χ2v) is 14.0. The highest BCUT2D eigenvalue weighted by Gasteiger charge is 2.16. The van der Waals surface area contributed by atoms with Crippen molar-refractivity contribution in [3.63, 3.8) is 0 Å². The summed E-state index contributed by atoms with van der Waals surface area (Å²) in [6.07, 6.45) is 56.8. The van der Waals surface area contributed by atoms with Crippen LogP contribution in [0.5, 0.6) is 0 Å². The Kier molecular flexibility index (Phi) is 40.6. The Morgan fingerprint density at radius 3 is 1.29 bits per heavy atom.